The Hall–Kier alpha value is -1.55. The monoisotopic (exact) mass is 279 g/mol. The van der Waals surface area contributed by atoms with E-state index in [2.05, 4.69) is 0 Å². The van der Waals surface area contributed by atoms with E-state index in [0.717, 1.165) is 19.3 Å². The van der Waals surface area contributed by atoms with Crippen molar-refractivity contribution in [1.29, 1.82) is 0 Å². The van der Waals surface area contributed by atoms with Gasteiger partial charge in [-0.25, -0.2) is 0 Å². The van der Waals surface area contributed by atoms with Gasteiger partial charge in [0.25, 0.3) is 0 Å². The Bertz CT molecular complexity index is 418. The van der Waals surface area contributed by atoms with Crippen LogP contribution in [-0.2, 0) is 0 Å². The zero-order valence-electron chi connectivity index (χ0n) is 12.5. The van der Waals surface area contributed by atoms with Crippen molar-refractivity contribution in [3.8, 4) is 11.5 Å². The fourth-order valence-electron chi connectivity index (χ4n) is 1.98. The molecular weight excluding hydrogens is 254 g/mol. The Morgan fingerprint density at radius 2 is 1.75 bits per heavy atom. The SMILES string of the molecule is CCOc1ccc(C(=O)CCCCCN)cc1OCC. The van der Waals surface area contributed by atoms with E-state index in [9.17, 15) is 4.79 Å². The zero-order valence-corrected chi connectivity index (χ0v) is 12.5. The minimum atomic E-state index is 0.144. The van der Waals surface area contributed by atoms with Crippen LogP contribution in [0.1, 0.15) is 49.9 Å². The van der Waals surface area contributed by atoms with Crippen LogP contribution in [0.4, 0.5) is 0 Å². The summed E-state index contributed by atoms with van der Waals surface area (Å²) < 4.78 is 11.0. The van der Waals surface area contributed by atoms with Crippen LogP contribution in [0.25, 0.3) is 0 Å². The number of carbonyl (C=O) groups excluding carboxylic acids is 1. The summed E-state index contributed by atoms with van der Waals surface area (Å²) in [6.45, 7) is 5.65. The van der Waals surface area contributed by atoms with Crippen LogP contribution in [0.3, 0.4) is 0 Å². The van der Waals surface area contributed by atoms with Gasteiger partial charge in [-0.15, -0.1) is 0 Å². The largest absolute Gasteiger partial charge is 0.490 e. The van der Waals surface area contributed by atoms with Gasteiger partial charge in [0.1, 0.15) is 0 Å². The van der Waals surface area contributed by atoms with E-state index in [0.29, 0.717) is 43.2 Å². The van der Waals surface area contributed by atoms with Gasteiger partial charge >= 0.3 is 0 Å². The van der Waals surface area contributed by atoms with Gasteiger partial charge < -0.3 is 15.2 Å². The lowest BCUT2D eigenvalue weighted by molar-refractivity contribution is 0.0978. The zero-order chi connectivity index (χ0) is 14.8. The highest BCUT2D eigenvalue weighted by atomic mass is 16.5. The van der Waals surface area contributed by atoms with Gasteiger partial charge in [-0.1, -0.05) is 6.42 Å². The van der Waals surface area contributed by atoms with E-state index in [4.69, 9.17) is 15.2 Å². The molecule has 0 saturated carbocycles. The number of nitrogens with two attached hydrogens (primary N) is 1. The molecule has 0 heterocycles. The molecule has 2 N–H and O–H groups in total. The third-order valence-electron chi connectivity index (χ3n) is 2.97. The van der Waals surface area contributed by atoms with Crippen molar-refractivity contribution in [2.24, 2.45) is 5.73 Å². The maximum absolute atomic E-state index is 12.1. The molecule has 0 spiro atoms. The normalized spacial score (nSPS) is 10.3. The van der Waals surface area contributed by atoms with Gasteiger partial charge in [-0.05, 0) is 51.4 Å². The molecule has 0 saturated heterocycles. The summed E-state index contributed by atoms with van der Waals surface area (Å²) in [6, 6.07) is 5.39. The molecule has 0 atom stereocenters. The molecule has 4 nitrogen and oxygen atoms in total. The summed E-state index contributed by atoms with van der Waals surface area (Å²) in [6.07, 6.45) is 3.41. The average molecular weight is 279 g/mol. The van der Waals surface area contributed by atoms with Crippen molar-refractivity contribution >= 4 is 5.78 Å². The molecule has 1 rings (SSSR count). The number of hydrogen-bond acceptors (Lipinski definition) is 4. The van der Waals surface area contributed by atoms with Crippen LogP contribution < -0.4 is 15.2 Å². The lowest BCUT2D eigenvalue weighted by atomic mass is 10.0. The Kier molecular flexibility index (Phi) is 7.73. The number of carbonyl (C=O) groups is 1. The van der Waals surface area contributed by atoms with E-state index in [1.807, 2.05) is 19.9 Å². The van der Waals surface area contributed by atoms with Crippen LogP contribution in [0.2, 0.25) is 0 Å². The first-order valence-electron chi connectivity index (χ1n) is 7.35. The predicted octanol–water partition coefficient (Wildman–Crippen LogP) is 3.19. The number of hydrogen-bond donors (Lipinski definition) is 1. The van der Waals surface area contributed by atoms with E-state index in [-0.39, 0.29) is 5.78 Å². The number of rotatable bonds is 10. The quantitative estimate of drug-likeness (QED) is 0.528. The minimum Gasteiger partial charge on any atom is -0.490 e. The molecular formula is C16H25NO3. The van der Waals surface area contributed by atoms with Gasteiger partial charge in [-0.2, -0.15) is 0 Å². The summed E-state index contributed by atoms with van der Waals surface area (Å²) in [7, 11) is 0. The highest BCUT2D eigenvalue weighted by Crippen LogP contribution is 2.29. The molecule has 1 aromatic carbocycles. The first-order valence-corrected chi connectivity index (χ1v) is 7.35. The van der Waals surface area contributed by atoms with Gasteiger partial charge in [0.15, 0.2) is 17.3 Å². The van der Waals surface area contributed by atoms with Crippen molar-refractivity contribution in [2.45, 2.75) is 39.5 Å². The fourth-order valence-corrected chi connectivity index (χ4v) is 1.98. The molecule has 0 fully saturated rings. The number of ketones is 1. The van der Waals surface area contributed by atoms with Crippen molar-refractivity contribution in [2.75, 3.05) is 19.8 Å². The molecule has 0 amide bonds. The highest BCUT2D eigenvalue weighted by Gasteiger charge is 2.11. The van der Waals surface area contributed by atoms with Crippen molar-refractivity contribution in [3.63, 3.8) is 0 Å². The third-order valence-corrected chi connectivity index (χ3v) is 2.97. The van der Waals surface area contributed by atoms with Crippen LogP contribution in [-0.4, -0.2) is 25.5 Å². The summed E-state index contributed by atoms with van der Waals surface area (Å²) in [5.41, 5.74) is 6.12. The summed E-state index contributed by atoms with van der Waals surface area (Å²) >= 11 is 0. The summed E-state index contributed by atoms with van der Waals surface area (Å²) in [4.78, 5) is 12.1. The summed E-state index contributed by atoms with van der Waals surface area (Å²) in [5, 5.41) is 0. The smallest absolute Gasteiger partial charge is 0.163 e. The van der Waals surface area contributed by atoms with Crippen molar-refractivity contribution in [3.05, 3.63) is 23.8 Å². The maximum Gasteiger partial charge on any atom is 0.163 e. The van der Waals surface area contributed by atoms with Gasteiger partial charge in [0.05, 0.1) is 13.2 Å². The van der Waals surface area contributed by atoms with E-state index in [1.54, 1.807) is 12.1 Å². The Morgan fingerprint density at radius 1 is 1.05 bits per heavy atom. The average Bonchev–Trinajstić information content (AvgIpc) is 2.45. The molecule has 0 bridgehead atoms. The molecule has 0 aliphatic heterocycles. The van der Waals surface area contributed by atoms with Gasteiger partial charge in [0.2, 0.25) is 0 Å². The molecule has 20 heavy (non-hydrogen) atoms. The second kappa shape index (κ2) is 9.37. The number of benzene rings is 1. The van der Waals surface area contributed by atoms with Crippen LogP contribution in [0.5, 0.6) is 11.5 Å². The van der Waals surface area contributed by atoms with Crippen molar-refractivity contribution < 1.29 is 14.3 Å². The molecule has 112 valence electrons. The second-order valence-corrected chi connectivity index (χ2v) is 4.55. The summed E-state index contributed by atoms with van der Waals surface area (Å²) in [5.74, 6) is 1.47. The number of Topliss-reactive ketones (excluding diaryl/α,β-unsaturated/α-hetero) is 1. The molecule has 0 aliphatic carbocycles. The lowest BCUT2D eigenvalue weighted by Gasteiger charge is -2.12. The lowest BCUT2D eigenvalue weighted by Crippen LogP contribution is -2.04. The van der Waals surface area contributed by atoms with Crippen LogP contribution in [0, 0.1) is 0 Å². The van der Waals surface area contributed by atoms with E-state index < -0.39 is 0 Å². The molecule has 4 heteroatoms. The predicted molar refractivity (Wildman–Crippen MR) is 80.6 cm³/mol. The molecule has 0 aromatic heterocycles. The number of unbranched alkanes of at least 4 members (excludes halogenated alkanes) is 2. The maximum atomic E-state index is 12.1. The van der Waals surface area contributed by atoms with E-state index in [1.165, 1.54) is 0 Å². The highest BCUT2D eigenvalue weighted by molar-refractivity contribution is 5.96. The first-order chi connectivity index (χ1) is 9.72. The van der Waals surface area contributed by atoms with Gasteiger partial charge in [-0.3, -0.25) is 4.79 Å². The first kappa shape index (κ1) is 16.5. The standard InChI is InChI=1S/C16H25NO3/c1-3-19-15-10-9-13(12-16(15)20-4-2)14(18)8-6-5-7-11-17/h9-10,12H,3-8,11,17H2,1-2H3. The van der Waals surface area contributed by atoms with Gasteiger partial charge in [0, 0.05) is 12.0 Å². The molecule has 0 radical (unpaired) electrons. The molecule has 0 aliphatic rings. The Labute approximate surface area is 121 Å². The van der Waals surface area contributed by atoms with Crippen LogP contribution >= 0.6 is 0 Å². The topological polar surface area (TPSA) is 61.5 Å². The fraction of sp³-hybridized carbons (Fsp3) is 0.562. The van der Waals surface area contributed by atoms with Crippen molar-refractivity contribution in [1.82, 2.24) is 0 Å². The second-order valence-electron chi connectivity index (χ2n) is 4.55. The molecule has 1 aromatic rings. The van der Waals surface area contributed by atoms with Crippen LogP contribution in [0.15, 0.2) is 18.2 Å². The molecule has 0 unspecified atom stereocenters. The third kappa shape index (κ3) is 5.21. The minimum absolute atomic E-state index is 0.144. The Balaban J connectivity index is 2.69. The van der Waals surface area contributed by atoms with E-state index >= 15 is 0 Å². The Morgan fingerprint density at radius 3 is 2.40 bits per heavy atom. The number of ether oxygens (including phenoxy) is 2.